The SMILES string of the molecule is C[C@@]1(O)CC[C@H]2[C@H](CC[C@@H]3[C@@H]2CC[C@@]2(C)[C@H]3[C@@H]3C[C@@H]3[C@@H]2C(=O)CBr)C1. The Morgan fingerprint density at radius 3 is 2.52 bits per heavy atom. The van der Waals surface area contributed by atoms with Crippen LogP contribution in [-0.2, 0) is 4.79 Å². The first-order chi connectivity index (χ1) is 11.9. The fourth-order valence-corrected chi connectivity index (χ4v) is 9.09. The van der Waals surface area contributed by atoms with Crippen molar-refractivity contribution in [2.75, 3.05) is 5.33 Å². The van der Waals surface area contributed by atoms with Gasteiger partial charge in [0.25, 0.3) is 0 Å². The zero-order valence-corrected chi connectivity index (χ0v) is 17.3. The van der Waals surface area contributed by atoms with E-state index in [1.54, 1.807) is 0 Å². The molecular weight excluding hydrogens is 376 g/mol. The van der Waals surface area contributed by atoms with Crippen molar-refractivity contribution in [2.24, 2.45) is 52.8 Å². The summed E-state index contributed by atoms with van der Waals surface area (Å²) in [5, 5.41) is 11.1. The maximum Gasteiger partial charge on any atom is 0.147 e. The van der Waals surface area contributed by atoms with E-state index in [0.29, 0.717) is 22.9 Å². The van der Waals surface area contributed by atoms with Crippen LogP contribution in [0.15, 0.2) is 0 Å². The Balaban J connectivity index is 1.41. The van der Waals surface area contributed by atoms with Gasteiger partial charge in [-0.25, -0.2) is 0 Å². The van der Waals surface area contributed by atoms with E-state index in [-0.39, 0.29) is 5.41 Å². The van der Waals surface area contributed by atoms with E-state index in [1.165, 1.54) is 38.5 Å². The second-order valence-electron chi connectivity index (χ2n) is 10.8. The fourth-order valence-electron chi connectivity index (χ4n) is 8.74. The largest absolute Gasteiger partial charge is 0.390 e. The quantitative estimate of drug-likeness (QED) is 0.664. The van der Waals surface area contributed by atoms with Crippen LogP contribution in [0.5, 0.6) is 0 Å². The van der Waals surface area contributed by atoms with Crippen molar-refractivity contribution < 1.29 is 9.90 Å². The van der Waals surface area contributed by atoms with Crippen LogP contribution in [0.4, 0.5) is 0 Å². The fraction of sp³-hybridized carbons (Fsp3) is 0.955. The molecule has 0 bridgehead atoms. The lowest BCUT2D eigenvalue weighted by Crippen LogP contribution is -2.52. The minimum Gasteiger partial charge on any atom is -0.390 e. The molecule has 0 radical (unpaired) electrons. The highest BCUT2D eigenvalue weighted by Gasteiger charge is 2.70. The van der Waals surface area contributed by atoms with Crippen molar-refractivity contribution in [1.82, 2.24) is 0 Å². The third kappa shape index (κ3) is 2.40. The Kier molecular flexibility index (Phi) is 3.83. The number of rotatable bonds is 2. The number of halogens is 1. The van der Waals surface area contributed by atoms with Crippen molar-refractivity contribution in [3.05, 3.63) is 0 Å². The van der Waals surface area contributed by atoms with Gasteiger partial charge in [0.1, 0.15) is 5.78 Å². The third-order valence-corrected chi connectivity index (χ3v) is 10.1. The maximum absolute atomic E-state index is 12.7. The van der Waals surface area contributed by atoms with Gasteiger partial charge in [0.05, 0.1) is 10.9 Å². The molecule has 0 amide bonds. The minimum absolute atomic E-state index is 0.284. The summed E-state index contributed by atoms with van der Waals surface area (Å²) in [4.78, 5) is 12.7. The number of hydrogen-bond acceptors (Lipinski definition) is 2. The molecule has 0 unspecified atom stereocenters. The van der Waals surface area contributed by atoms with Crippen LogP contribution >= 0.6 is 15.9 Å². The monoisotopic (exact) mass is 408 g/mol. The zero-order chi connectivity index (χ0) is 17.6. The molecule has 0 saturated heterocycles. The van der Waals surface area contributed by atoms with Gasteiger partial charge in [-0.3, -0.25) is 4.79 Å². The standard InChI is InChI=1S/C22H33BrO2/c1-21(25)7-5-13-12(10-21)3-4-15-14(13)6-8-22(2)19(15)16-9-17(16)20(22)18(24)11-23/h12-17,19-20,25H,3-11H2,1-2H3/t12-,13+,14-,15-,16-,17+,19-,20-,21-,22+/m1/s1. The average molecular weight is 409 g/mol. The second-order valence-corrected chi connectivity index (χ2v) is 11.3. The van der Waals surface area contributed by atoms with Gasteiger partial charge in [-0.1, -0.05) is 22.9 Å². The van der Waals surface area contributed by atoms with E-state index in [1.807, 2.05) is 0 Å². The summed E-state index contributed by atoms with van der Waals surface area (Å²) >= 11 is 3.46. The predicted molar refractivity (Wildman–Crippen MR) is 102 cm³/mol. The number of hydrogen-bond donors (Lipinski definition) is 1. The lowest BCUT2D eigenvalue weighted by atomic mass is 9.48. The van der Waals surface area contributed by atoms with Crippen molar-refractivity contribution in [1.29, 1.82) is 0 Å². The van der Waals surface area contributed by atoms with Crippen LogP contribution in [0.2, 0.25) is 0 Å². The topological polar surface area (TPSA) is 37.3 Å². The molecule has 140 valence electrons. The minimum atomic E-state index is -0.417. The Bertz CT molecular complexity index is 587. The normalized spacial score (nSPS) is 59.4. The molecule has 5 rings (SSSR count). The molecule has 0 aliphatic heterocycles. The lowest BCUT2D eigenvalue weighted by molar-refractivity contribution is -0.133. The van der Waals surface area contributed by atoms with E-state index in [2.05, 4.69) is 29.8 Å². The van der Waals surface area contributed by atoms with E-state index in [9.17, 15) is 9.90 Å². The van der Waals surface area contributed by atoms with Crippen LogP contribution in [0.3, 0.4) is 0 Å². The van der Waals surface area contributed by atoms with Crippen LogP contribution in [0, 0.1) is 52.8 Å². The molecule has 0 spiro atoms. The molecule has 5 saturated carbocycles. The van der Waals surface area contributed by atoms with Gasteiger partial charge in [-0.15, -0.1) is 0 Å². The molecule has 0 aromatic rings. The molecule has 5 aliphatic carbocycles. The molecular formula is C22H33BrO2. The Morgan fingerprint density at radius 1 is 1.00 bits per heavy atom. The van der Waals surface area contributed by atoms with Crippen LogP contribution < -0.4 is 0 Å². The zero-order valence-electron chi connectivity index (χ0n) is 15.7. The molecule has 1 N–H and O–H groups in total. The summed E-state index contributed by atoms with van der Waals surface area (Å²) in [6.45, 7) is 4.53. The van der Waals surface area contributed by atoms with E-state index in [0.717, 1.165) is 48.3 Å². The number of fused-ring (bicyclic) bond motifs is 7. The van der Waals surface area contributed by atoms with Gasteiger partial charge in [-0.05, 0) is 105 Å². The van der Waals surface area contributed by atoms with Crippen molar-refractivity contribution >= 4 is 21.7 Å². The van der Waals surface area contributed by atoms with Gasteiger partial charge in [0.2, 0.25) is 0 Å². The number of ketones is 1. The van der Waals surface area contributed by atoms with Crippen LogP contribution in [0.1, 0.15) is 65.2 Å². The number of aliphatic hydroxyl groups is 1. The summed E-state index contributed by atoms with van der Waals surface area (Å²) < 4.78 is 0. The third-order valence-electron chi connectivity index (χ3n) is 9.50. The van der Waals surface area contributed by atoms with Crippen molar-refractivity contribution in [3.8, 4) is 0 Å². The van der Waals surface area contributed by atoms with E-state index >= 15 is 0 Å². The Morgan fingerprint density at radius 2 is 1.76 bits per heavy atom. The first-order valence-electron chi connectivity index (χ1n) is 10.7. The Labute approximate surface area is 160 Å². The summed E-state index contributed by atoms with van der Waals surface area (Å²) in [7, 11) is 0. The Hall–Kier alpha value is 0.110. The average Bonchev–Trinajstić information content (AvgIpc) is 3.27. The van der Waals surface area contributed by atoms with Gasteiger partial charge >= 0.3 is 0 Å². The molecule has 10 atom stereocenters. The van der Waals surface area contributed by atoms with E-state index in [4.69, 9.17) is 0 Å². The highest BCUT2D eigenvalue weighted by Crippen LogP contribution is 2.74. The van der Waals surface area contributed by atoms with Gasteiger partial charge in [-0.2, -0.15) is 0 Å². The molecule has 0 aromatic carbocycles. The second kappa shape index (κ2) is 5.56. The van der Waals surface area contributed by atoms with Gasteiger partial charge in [0, 0.05) is 5.92 Å². The first-order valence-corrected chi connectivity index (χ1v) is 11.8. The van der Waals surface area contributed by atoms with Crippen molar-refractivity contribution in [3.63, 3.8) is 0 Å². The van der Waals surface area contributed by atoms with Crippen LogP contribution in [-0.4, -0.2) is 21.8 Å². The molecule has 3 heteroatoms. The predicted octanol–water partition coefficient (Wildman–Crippen LogP) is 4.83. The smallest absolute Gasteiger partial charge is 0.147 e. The molecule has 5 aliphatic rings. The molecule has 0 aromatic heterocycles. The highest BCUT2D eigenvalue weighted by atomic mass is 79.9. The summed E-state index contributed by atoms with van der Waals surface area (Å²) in [5.74, 6) is 6.56. The van der Waals surface area contributed by atoms with Crippen LogP contribution in [0.25, 0.3) is 0 Å². The summed E-state index contributed by atoms with van der Waals surface area (Å²) in [6, 6.07) is 0. The van der Waals surface area contributed by atoms with Gasteiger partial charge in [0.15, 0.2) is 0 Å². The molecule has 5 fully saturated rings. The molecule has 2 nitrogen and oxygen atoms in total. The number of alkyl halides is 1. The van der Waals surface area contributed by atoms with E-state index < -0.39 is 5.60 Å². The summed E-state index contributed by atoms with van der Waals surface area (Å²) in [5.41, 5.74) is -0.133. The number of carbonyl (C=O) groups excluding carboxylic acids is 1. The molecule has 0 heterocycles. The lowest BCUT2D eigenvalue weighted by Gasteiger charge is -2.57. The molecule has 25 heavy (non-hydrogen) atoms. The first kappa shape index (κ1) is 17.2. The van der Waals surface area contributed by atoms with Gasteiger partial charge < -0.3 is 5.11 Å². The van der Waals surface area contributed by atoms with Crippen molar-refractivity contribution in [2.45, 2.75) is 70.8 Å². The summed E-state index contributed by atoms with van der Waals surface area (Å²) in [6.07, 6.45) is 9.89. The number of carbonyl (C=O) groups is 1. The number of Topliss-reactive ketones (excluding diaryl/α,β-unsaturated/α-hetero) is 1. The maximum atomic E-state index is 12.7. The highest BCUT2D eigenvalue weighted by molar-refractivity contribution is 9.09.